The molecule has 1 fully saturated rings. The van der Waals surface area contributed by atoms with Crippen molar-refractivity contribution in [1.29, 1.82) is 0 Å². The second-order valence-corrected chi connectivity index (χ2v) is 6.94. The molecule has 0 aromatic carbocycles. The van der Waals surface area contributed by atoms with Gasteiger partial charge in [-0.15, -0.1) is 24.0 Å². The molecule has 132 valence electrons. The number of nitrogens with zero attached hydrogens (tertiary/aromatic N) is 2. The molecule has 1 aliphatic carbocycles. The number of aliphatic imine (C=N–C) groups is 1. The van der Waals surface area contributed by atoms with Gasteiger partial charge in [0.1, 0.15) is 0 Å². The summed E-state index contributed by atoms with van der Waals surface area (Å²) >= 11 is 0. The van der Waals surface area contributed by atoms with Crippen LogP contribution in [0.15, 0.2) is 17.3 Å². The van der Waals surface area contributed by atoms with Gasteiger partial charge in [0, 0.05) is 19.3 Å². The van der Waals surface area contributed by atoms with Crippen molar-refractivity contribution in [3.05, 3.63) is 18.0 Å². The van der Waals surface area contributed by atoms with Crippen LogP contribution in [0.5, 0.6) is 0 Å². The lowest BCUT2D eigenvalue weighted by Crippen LogP contribution is -2.43. The van der Waals surface area contributed by atoms with E-state index in [4.69, 9.17) is 0 Å². The second-order valence-electron chi connectivity index (χ2n) is 6.94. The molecule has 2 rings (SSSR count). The Hall–Kier alpha value is -0.790. The first-order valence-corrected chi connectivity index (χ1v) is 8.64. The van der Waals surface area contributed by atoms with Crippen LogP contribution in [-0.2, 0) is 6.54 Å². The van der Waals surface area contributed by atoms with Gasteiger partial charge < -0.3 is 10.6 Å². The average Bonchev–Trinajstić information content (AvgIpc) is 3.13. The van der Waals surface area contributed by atoms with E-state index in [1.807, 2.05) is 6.07 Å². The predicted molar refractivity (Wildman–Crippen MR) is 107 cm³/mol. The van der Waals surface area contributed by atoms with Gasteiger partial charge in [-0.05, 0) is 43.6 Å². The van der Waals surface area contributed by atoms with Gasteiger partial charge in [0.25, 0.3) is 0 Å². The fourth-order valence-electron chi connectivity index (χ4n) is 3.59. The summed E-state index contributed by atoms with van der Waals surface area (Å²) in [6.45, 7) is 9.31. The maximum Gasteiger partial charge on any atom is 0.191 e. The molecule has 23 heavy (non-hydrogen) atoms. The van der Waals surface area contributed by atoms with E-state index in [1.165, 1.54) is 32.1 Å². The van der Waals surface area contributed by atoms with Crippen LogP contribution in [0, 0.1) is 11.3 Å². The SMILES string of the molecule is CCNC(=NCc1ccn[nH]1)NCC1(CC(C)C)CCCC1.I. The Kier molecular flexibility index (Phi) is 8.94. The molecule has 1 aliphatic rings. The molecule has 1 heterocycles. The largest absolute Gasteiger partial charge is 0.357 e. The van der Waals surface area contributed by atoms with E-state index in [1.54, 1.807) is 6.20 Å². The summed E-state index contributed by atoms with van der Waals surface area (Å²) in [7, 11) is 0. The molecule has 5 nitrogen and oxygen atoms in total. The van der Waals surface area contributed by atoms with Crippen LogP contribution < -0.4 is 10.6 Å². The molecule has 0 unspecified atom stereocenters. The van der Waals surface area contributed by atoms with E-state index in [9.17, 15) is 0 Å². The van der Waals surface area contributed by atoms with Gasteiger partial charge in [-0.25, -0.2) is 4.99 Å². The summed E-state index contributed by atoms with van der Waals surface area (Å²) in [4.78, 5) is 4.65. The van der Waals surface area contributed by atoms with Crippen molar-refractivity contribution in [3.63, 3.8) is 0 Å². The Labute approximate surface area is 157 Å². The van der Waals surface area contributed by atoms with Crippen LogP contribution in [0.1, 0.15) is 58.6 Å². The fraction of sp³-hybridized carbons (Fsp3) is 0.765. The van der Waals surface area contributed by atoms with Gasteiger partial charge >= 0.3 is 0 Å². The minimum atomic E-state index is 0. The summed E-state index contributed by atoms with van der Waals surface area (Å²) in [6, 6.07) is 1.96. The van der Waals surface area contributed by atoms with Crippen molar-refractivity contribution < 1.29 is 0 Å². The molecule has 6 heteroatoms. The highest BCUT2D eigenvalue weighted by atomic mass is 127. The fourth-order valence-corrected chi connectivity index (χ4v) is 3.59. The lowest BCUT2D eigenvalue weighted by atomic mass is 9.78. The number of aromatic amines is 1. The number of aromatic nitrogens is 2. The van der Waals surface area contributed by atoms with E-state index in [0.29, 0.717) is 12.0 Å². The Morgan fingerprint density at radius 1 is 1.35 bits per heavy atom. The second kappa shape index (κ2) is 10.2. The molecular formula is C17H32IN5. The minimum Gasteiger partial charge on any atom is -0.357 e. The molecule has 0 amide bonds. The van der Waals surface area contributed by atoms with Crippen LogP contribution >= 0.6 is 24.0 Å². The zero-order chi connectivity index (χ0) is 15.8. The highest BCUT2D eigenvalue weighted by Gasteiger charge is 2.34. The summed E-state index contributed by atoms with van der Waals surface area (Å²) in [5.41, 5.74) is 1.49. The quantitative estimate of drug-likeness (QED) is 0.349. The van der Waals surface area contributed by atoms with E-state index in [0.717, 1.165) is 30.7 Å². The topological polar surface area (TPSA) is 65.1 Å². The van der Waals surface area contributed by atoms with Crippen molar-refractivity contribution in [3.8, 4) is 0 Å². The molecule has 0 radical (unpaired) electrons. The van der Waals surface area contributed by atoms with Crippen LogP contribution in [0.25, 0.3) is 0 Å². The number of guanidine groups is 1. The average molecular weight is 433 g/mol. The molecule has 1 aromatic heterocycles. The molecule has 0 aliphatic heterocycles. The minimum absolute atomic E-state index is 0. The number of rotatable bonds is 7. The Morgan fingerprint density at radius 3 is 2.65 bits per heavy atom. The molecule has 1 saturated carbocycles. The maximum absolute atomic E-state index is 4.65. The maximum atomic E-state index is 4.65. The van der Waals surface area contributed by atoms with Gasteiger partial charge in [-0.3, -0.25) is 5.10 Å². The van der Waals surface area contributed by atoms with E-state index in [2.05, 4.69) is 46.6 Å². The first kappa shape index (κ1) is 20.3. The van der Waals surface area contributed by atoms with Crippen molar-refractivity contribution in [2.45, 2.75) is 59.4 Å². The number of halogens is 1. The third kappa shape index (κ3) is 6.69. The standard InChI is InChI=1S/C17H31N5.HI/c1-4-18-16(19-12-15-7-10-21-22-15)20-13-17(11-14(2)3)8-5-6-9-17;/h7,10,14H,4-6,8-9,11-13H2,1-3H3,(H,21,22)(H2,18,19,20);1H. The number of H-pyrrole nitrogens is 1. The number of nitrogens with one attached hydrogen (secondary N) is 3. The molecule has 0 saturated heterocycles. The van der Waals surface area contributed by atoms with Gasteiger partial charge in [0.05, 0.1) is 12.2 Å². The van der Waals surface area contributed by atoms with Crippen molar-refractivity contribution in [1.82, 2.24) is 20.8 Å². The molecule has 0 spiro atoms. The summed E-state index contributed by atoms with van der Waals surface area (Å²) < 4.78 is 0. The summed E-state index contributed by atoms with van der Waals surface area (Å²) in [5, 5.41) is 13.8. The molecule has 3 N–H and O–H groups in total. The van der Waals surface area contributed by atoms with E-state index >= 15 is 0 Å². The van der Waals surface area contributed by atoms with E-state index < -0.39 is 0 Å². The van der Waals surface area contributed by atoms with Crippen LogP contribution in [0.3, 0.4) is 0 Å². The lowest BCUT2D eigenvalue weighted by molar-refractivity contribution is 0.235. The highest BCUT2D eigenvalue weighted by molar-refractivity contribution is 14.0. The Balaban J connectivity index is 0.00000264. The molecule has 1 aromatic rings. The normalized spacial score (nSPS) is 17.1. The van der Waals surface area contributed by atoms with Gasteiger partial charge in [-0.1, -0.05) is 26.7 Å². The first-order valence-electron chi connectivity index (χ1n) is 8.64. The Morgan fingerprint density at radius 2 is 2.09 bits per heavy atom. The first-order chi connectivity index (χ1) is 10.6. The zero-order valence-corrected chi connectivity index (χ0v) is 17.0. The molecular weight excluding hydrogens is 401 g/mol. The third-order valence-corrected chi connectivity index (χ3v) is 4.45. The van der Waals surface area contributed by atoms with Gasteiger partial charge in [0.15, 0.2) is 5.96 Å². The predicted octanol–water partition coefficient (Wildman–Crippen LogP) is 3.69. The van der Waals surface area contributed by atoms with Crippen LogP contribution in [0.2, 0.25) is 0 Å². The van der Waals surface area contributed by atoms with Crippen LogP contribution in [0.4, 0.5) is 0 Å². The number of hydrogen-bond acceptors (Lipinski definition) is 2. The van der Waals surface area contributed by atoms with Crippen LogP contribution in [-0.4, -0.2) is 29.2 Å². The smallest absolute Gasteiger partial charge is 0.191 e. The van der Waals surface area contributed by atoms with Crippen molar-refractivity contribution in [2.24, 2.45) is 16.3 Å². The van der Waals surface area contributed by atoms with Gasteiger partial charge in [-0.2, -0.15) is 5.10 Å². The zero-order valence-electron chi connectivity index (χ0n) is 14.7. The van der Waals surface area contributed by atoms with Gasteiger partial charge in [0.2, 0.25) is 0 Å². The third-order valence-electron chi connectivity index (χ3n) is 4.45. The number of hydrogen-bond donors (Lipinski definition) is 3. The monoisotopic (exact) mass is 433 g/mol. The molecule has 0 atom stereocenters. The summed E-state index contributed by atoms with van der Waals surface area (Å²) in [6.07, 6.45) is 8.50. The summed E-state index contributed by atoms with van der Waals surface area (Å²) in [5.74, 6) is 1.66. The lowest BCUT2D eigenvalue weighted by Gasteiger charge is -2.32. The molecule has 0 bridgehead atoms. The highest BCUT2D eigenvalue weighted by Crippen LogP contribution is 2.42. The van der Waals surface area contributed by atoms with E-state index in [-0.39, 0.29) is 24.0 Å². The van der Waals surface area contributed by atoms with Crippen molar-refractivity contribution >= 4 is 29.9 Å². The van der Waals surface area contributed by atoms with Crippen molar-refractivity contribution in [2.75, 3.05) is 13.1 Å². The Bertz CT molecular complexity index is 450.